The molecule has 0 atom stereocenters. The molecule has 3 rings (SSSR count). The quantitative estimate of drug-likeness (QED) is 0.925. The third-order valence-corrected chi connectivity index (χ3v) is 4.24. The van der Waals surface area contributed by atoms with E-state index in [2.05, 4.69) is 15.2 Å². The molecule has 23 heavy (non-hydrogen) atoms. The molecule has 2 aromatic rings. The van der Waals surface area contributed by atoms with Crippen molar-refractivity contribution in [2.45, 2.75) is 25.7 Å². The summed E-state index contributed by atoms with van der Waals surface area (Å²) in [5.74, 6) is 0.931. The number of nitrogens with zero attached hydrogens (tertiary/aromatic N) is 2. The van der Waals surface area contributed by atoms with Crippen molar-refractivity contribution >= 4 is 29.0 Å². The minimum atomic E-state index is -0.0557. The number of hydrogen-bond acceptors (Lipinski definition) is 3. The zero-order chi connectivity index (χ0) is 16.1. The van der Waals surface area contributed by atoms with E-state index in [1.807, 2.05) is 24.3 Å². The van der Waals surface area contributed by atoms with Crippen LogP contribution in [0, 0.1) is 0 Å². The first-order chi connectivity index (χ1) is 11.2. The molecule has 1 saturated heterocycles. The lowest BCUT2D eigenvalue weighted by atomic mass is 10.1. The number of pyridine rings is 1. The Bertz CT molecular complexity index is 649. The van der Waals surface area contributed by atoms with Crippen LogP contribution in [0.1, 0.15) is 24.8 Å². The highest BCUT2D eigenvalue weighted by atomic mass is 35.5. The molecular weight excluding hydrogens is 310 g/mol. The van der Waals surface area contributed by atoms with Crippen LogP contribution in [0.2, 0.25) is 5.02 Å². The number of benzene rings is 1. The Labute approximate surface area is 141 Å². The van der Waals surface area contributed by atoms with E-state index in [-0.39, 0.29) is 5.91 Å². The van der Waals surface area contributed by atoms with Crippen molar-refractivity contribution in [1.82, 2.24) is 4.98 Å². The van der Waals surface area contributed by atoms with Crippen LogP contribution in [0.3, 0.4) is 0 Å². The van der Waals surface area contributed by atoms with Crippen molar-refractivity contribution in [2.24, 2.45) is 0 Å². The summed E-state index contributed by atoms with van der Waals surface area (Å²) in [6, 6.07) is 11.2. The molecule has 0 aliphatic carbocycles. The molecule has 1 aliphatic rings. The van der Waals surface area contributed by atoms with Gasteiger partial charge < -0.3 is 10.2 Å². The topological polar surface area (TPSA) is 45.2 Å². The van der Waals surface area contributed by atoms with E-state index in [1.54, 1.807) is 18.3 Å². The Hall–Kier alpha value is -2.07. The van der Waals surface area contributed by atoms with E-state index in [9.17, 15) is 4.79 Å². The summed E-state index contributed by atoms with van der Waals surface area (Å²) in [5, 5.41) is 3.56. The van der Waals surface area contributed by atoms with Gasteiger partial charge in [0.15, 0.2) is 0 Å². The molecule has 1 aromatic heterocycles. The third-order valence-electron chi connectivity index (χ3n) is 3.99. The van der Waals surface area contributed by atoms with Crippen LogP contribution in [-0.2, 0) is 11.2 Å². The van der Waals surface area contributed by atoms with E-state index in [0.717, 1.165) is 30.2 Å². The average molecular weight is 330 g/mol. The first-order valence-corrected chi connectivity index (χ1v) is 8.34. The van der Waals surface area contributed by atoms with Gasteiger partial charge in [-0.15, -0.1) is 0 Å². The van der Waals surface area contributed by atoms with Gasteiger partial charge in [0, 0.05) is 18.1 Å². The minimum absolute atomic E-state index is 0.0557. The van der Waals surface area contributed by atoms with Gasteiger partial charge in [-0.3, -0.25) is 4.79 Å². The number of nitrogens with one attached hydrogen (secondary N) is 1. The van der Waals surface area contributed by atoms with Crippen molar-refractivity contribution in [3.8, 4) is 0 Å². The van der Waals surface area contributed by atoms with Crippen LogP contribution in [0.25, 0.3) is 0 Å². The Morgan fingerprint density at radius 1 is 1.09 bits per heavy atom. The van der Waals surface area contributed by atoms with Gasteiger partial charge in [-0.05, 0) is 49.1 Å². The number of anilines is 2. The number of carbonyl (C=O) groups is 1. The van der Waals surface area contributed by atoms with Gasteiger partial charge in [0.25, 0.3) is 0 Å². The van der Waals surface area contributed by atoms with Crippen molar-refractivity contribution < 1.29 is 4.79 Å². The lowest BCUT2D eigenvalue weighted by Gasteiger charge is -2.27. The van der Waals surface area contributed by atoms with Crippen molar-refractivity contribution in [1.29, 1.82) is 0 Å². The number of hydrogen-bond donors (Lipinski definition) is 1. The monoisotopic (exact) mass is 329 g/mol. The van der Waals surface area contributed by atoms with Crippen LogP contribution in [0.15, 0.2) is 42.6 Å². The van der Waals surface area contributed by atoms with Gasteiger partial charge in [-0.2, -0.15) is 0 Å². The molecular formula is C18H20ClN3O. The smallest absolute Gasteiger partial charge is 0.228 e. The fourth-order valence-electron chi connectivity index (χ4n) is 2.76. The lowest BCUT2D eigenvalue weighted by Crippen LogP contribution is -2.30. The molecule has 0 bridgehead atoms. The summed E-state index contributed by atoms with van der Waals surface area (Å²) in [7, 11) is 0. The number of amides is 1. The second-order valence-electron chi connectivity index (χ2n) is 5.80. The van der Waals surface area contributed by atoms with E-state index in [0.29, 0.717) is 11.4 Å². The highest BCUT2D eigenvalue weighted by Crippen LogP contribution is 2.19. The predicted molar refractivity (Wildman–Crippen MR) is 94.1 cm³/mol. The summed E-state index contributed by atoms with van der Waals surface area (Å²) in [6.45, 7) is 2.13. The van der Waals surface area contributed by atoms with E-state index < -0.39 is 0 Å². The van der Waals surface area contributed by atoms with Gasteiger partial charge in [-0.25, -0.2) is 4.98 Å². The minimum Gasteiger partial charge on any atom is -0.357 e. The van der Waals surface area contributed by atoms with Gasteiger partial charge in [-0.1, -0.05) is 23.7 Å². The first-order valence-electron chi connectivity index (χ1n) is 7.96. The average Bonchev–Trinajstić information content (AvgIpc) is 2.58. The number of rotatable bonds is 4. The summed E-state index contributed by atoms with van der Waals surface area (Å²) >= 11 is 5.84. The Morgan fingerprint density at radius 2 is 1.83 bits per heavy atom. The zero-order valence-corrected chi connectivity index (χ0v) is 13.7. The molecule has 5 heteroatoms. The highest BCUT2D eigenvalue weighted by molar-refractivity contribution is 6.30. The zero-order valence-electron chi connectivity index (χ0n) is 13.0. The van der Waals surface area contributed by atoms with Crippen molar-refractivity contribution in [3.63, 3.8) is 0 Å². The number of carbonyl (C=O) groups excluding carboxylic acids is 1. The van der Waals surface area contributed by atoms with E-state index in [1.165, 1.54) is 19.3 Å². The van der Waals surface area contributed by atoms with Crippen LogP contribution >= 0.6 is 11.6 Å². The van der Waals surface area contributed by atoms with Crippen molar-refractivity contribution in [2.75, 3.05) is 23.3 Å². The summed E-state index contributed by atoms with van der Waals surface area (Å²) in [4.78, 5) is 18.8. The molecule has 1 fully saturated rings. The van der Waals surface area contributed by atoms with Crippen LogP contribution in [-0.4, -0.2) is 24.0 Å². The normalized spacial score (nSPS) is 14.6. The standard InChI is InChI=1S/C18H20ClN3O/c19-15-6-4-14(5-7-15)12-18(23)21-16-8-9-17(20-13-16)22-10-2-1-3-11-22/h4-9,13H,1-3,10-12H2,(H,21,23). The van der Waals surface area contributed by atoms with Gasteiger partial charge >= 0.3 is 0 Å². The van der Waals surface area contributed by atoms with Gasteiger partial charge in [0.05, 0.1) is 18.3 Å². The maximum absolute atomic E-state index is 12.1. The molecule has 1 aliphatic heterocycles. The molecule has 1 N–H and O–H groups in total. The first kappa shape index (κ1) is 15.8. The number of halogens is 1. The number of piperidine rings is 1. The Kier molecular flexibility index (Phi) is 5.13. The summed E-state index contributed by atoms with van der Waals surface area (Å²) in [5.41, 5.74) is 1.66. The summed E-state index contributed by atoms with van der Waals surface area (Å²) < 4.78 is 0. The van der Waals surface area contributed by atoms with Gasteiger partial charge in [0.1, 0.15) is 5.82 Å². The molecule has 0 saturated carbocycles. The molecule has 1 aromatic carbocycles. The predicted octanol–water partition coefficient (Wildman–Crippen LogP) is 3.91. The molecule has 0 unspecified atom stereocenters. The Morgan fingerprint density at radius 3 is 2.48 bits per heavy atom. The SMILES string of the molecule is O=C(Cc1ccc(Cl)cc1)Nc1ccc(N2CCCCC2)nc1. The fourth-order valence-corrected chi connectivity index (χ4v) is 2.89. The molecule has 2 heterocycles. The summed E-state index contributed by atoms with van der Waals surface area (Å²) in [6.07, 6.45) is 5.80. The molecule has 1 amide bonds. The maximum Gasteiger partial charge on any atom is 0.228 e. The second-order valence-corrected chi connectivity index (χ2v) is 6.24. The molecule has 0 spiro atoms. The van der Waals surface area contributed by atoms with Crippen LogP contribution in [0.5, 0.6) is 0 Å². The number of aromatic nitrogens is 1. The molecule has 0 radical (unpaired) electrons. The van der Waals surface area contributed by atoms with E-state index >= 15 is 0 Å². The van der Waals surface area contributed by atoms with Crippen LogP contribution < -0.4 is 10.2 Å². The fraction of sp³-hybridized carbons (Fsp3) is 0.333. The third kappa shape index (κ3) is 4.45. The second kappa shape index (κ2) is 7.47. The van der Waals surface area contributed by atoms with Crippen LogP contribution in [0.4, 0.5) is 11.5 Å². The Balaban J connectivity index is 1.57. The molecule has 4 nitrogen and oxygen atoms in total. The highest BCUT2D eigenvalue weighted by Gasteiger charge is 2.12. The maximum atomic E-state index is 12.1. The van der Waals surface area contributed by atoms with Gasteiger partial charge in [0.2, 0.25) is 5.91 Å². The molecule has 120 valence electrons. The van der Waals surface area contributed by atoms with E-state index in [4.69, 9.17) is 11.6 Å². The lowest BCUT2D eigenvalue weighted by molar-refractivity contribution is -0.115. The largest absolute Gasteiger partial charge is 0.357 e. The van der Waals surface area contributed by atoms with Crippen molar-refractivity contribution in [3.05, 3.63) is 53.2 Å².